The molecular weight excluding hydrogens is 232 g/mol. The van der Waals surface area contributed by atoms with Crippen molar-refractivity contribution in [2.24, 2.45) is 0 Å². The monoisotopic (exact) mass is 249 g/mol. The molecule has 1 saturated heterocycles. The van der Waals surface area contributed by atoms with Gasteiger partial charge in [0.2, 0.25) is 6.79 Å². The molecule has 1 aromatic rings. The van der Waals surface area contributed by atoms with Crippen LogP contribution >= 0.6 is 0 Å². The molecule has 2 heterocycles. The Morgan fingerprint density at radius 1 is 1.39 bits per heavy atom. The molecule has 0 radical (unpaired) electrons. The van der Waals surface area contributed by atoms with Gasteiger partial charge in [0.15, 0.2) is 17.5 Å². The Hall–Kier alpha value is -1.75. The average molecular weight is 249 g/mol. The minimum absolute atomic E-state index is 0.0652. The van der Waals surface area contributed by atoms with E-state index in [1.54, 1.807) is 0 Å². The molecule has 18 heavy (non-hydrogen) atoms. The smallest absolute Gasteiger partial charge is 0.282 e. The van der Waals surface area contributed by atoms with E-state index in [9.17, 15) is 4.79 Å². The number of hydrogen-bond donors (Lipinski definition) is 2. The molecule has 2 aliphatic heterocycles. The minimum Gasteiger partial charge on any atom is -0.454 e. The highest BCUT2D eigenvalue weighted by Gasteiger charge is 2.31. The lowest BCUT2D eigenvalue weighted by atomic mass is 10.2. The van der Waals surface area contributed by atoms with Crippen molar-refractivity contribution in [3.05, 3.63) is 18.2 Å². The summed E-state index contributed by atoms with van der Waals surface area (Å²) < 4.78 is 10.5. The topological polar surface area (TPSA) is 52.0 Å². The van der Waals surface area contributed by atoms with Crippen molar-refractivity contribution in [2.75, 3.05) is 25.7 Å². The van der Waals surface area contributed by atoms with Crippen molar-refractivity contribution in [3.63, 3.8) is 0 Å². The highest BCUT2D eigenvalue weighted by Crippen LogP contribution is 2.34. The van der Waals surface area contributed by atoms with Crippen LogP contribution in [-0.2, 0) is 4.79 Å². The molecule has 5 heteroatoms. The first-order valence-corrected chi connectivity index (χ1v) is 6.27. The number of quaternary nitrogens is 1. The van der Waals surface area contributed by atoms with Crippen LogP contribution in [0.2, 0.25) is 0 Å². The van der Waals surface area contributed by atoms with Crippen molar-refractivity contribution < 1.29 is 19.2 Å². The maximum absolute atomic E-state index is 12.1. The fourth-order valence-electron chi connectivity index (χ4n) is 2.56. The van der Waals surface area contributed by atoms with Gasteiger partial charge in [-0.1, -0.05) is 0 Å². The average Bonchev–Trinajstić information content (AvgIpc) is 2.96. The molecule has 2 atom stereocenters. The Kier molecular flexibility index (Phi) is 2.83. The van der Waals surface area contributed by atoms with Crippen LogP contribution < -0.4 is 19.7 Å². The molecule has 96 valence electrons. The normalized spacial score (nSPS) is 25.2. The molecule has 2 N–H and O–H groups in total. The number of likely N-dealkylation sites (tertiary alicyclic amines) is 1. The van der Waals surface area contributed by atoms with Gasteiger partial charge in [0.25, 0.3) is 5.91 Å². The van der Waals surface area contributed by atoms with E-state index in [0.29, 0.717) is 5.75 Å². The molecule has 1 amide bonds. The van der Waals surface area contributed by atoms with Gasteiger partial charge in [0.1, 0.15) is 0 Å². The summed E-state index contributed by atoms with van der Waals surface area (Å²) >= 11 is 0. The predicted molar refractivity (Wildman–Crippen MR) is 66.0 cm³/mol. The Morgan fingerprint density at radius 2 is 2.22 bits per heavy atom. The van der Waals surface area contributed by atoms with Gasteiger partial charge in [-0.15, -0.1) is 0 Å². The van der Waals surface area contributed by atoms with E-state index in [-0.39, 0.29) is 18.7 Å². The van der Waals surface area contributed by atoms with Gasteiger partial charge >= 0.3 is 0 Å². The molecule has 2 unspecified atom stereocenters. The Bertz CT molecular complexity index is 475. The lowest BCUT2D eigenvalue weighted by Gasteiger charge is -2.16. The molecular formula is C13H17N2O3+. The standard InChI is InChI=1S/C13H16N2O3/c1-15-6-2-3-10(15)13(16)14-9-4-5-11-12(7-9)18-8-17-11/h4-5,7,10H,2-3,6,8H2,1H3,(H,14,16)/p+1. The number of fused-ring (bicyclic) bond motifs is 1. The van der Waals surface area contributed by atoms with E-state index in [2.05, 4.69) is 12.4 Å². The van der Waals surface area contributed by atoms with Gasteiger partial charge < -0.3 is 19.7 Å². The zero-order valence-corrected chi connectivity index (χ0v) is 10.4. The summed E-state index contributed by atoms with van der Waals surface area (Å²) in [6.45, 7) is 1.32. The molecule has 0 aliphatic carbocycles. The van der Waals surface area contributed by atoms with Crippen molar-refractivity contribution in [2.45, 2.75) is 18.9 Å². The summed E-state index contributed by atoms with van der Waals surface area (Å²) in [6, 6.07) is 5.54. The van der Waals surface area contributed by atoms with Crippen molar-refractivity contribution in [1.82, 2.24) is 0 Å². The SMILES string of the molecule is C[NH+]1CCCC1C(=O)Nc1ccc2c(c1)OCO2. The van der Waals surface area contributed by atoms with Crippen molar-refractivity contribution in [3.8, 4) is 11.5 Å². The van der Waals surface area contributed by atoms with Gasteiger partial charge in [-0.2, -0.15) is 0 Å². The number of carbonyl (C=O) groups excluding carboxylic acids is 1. The number of rotatable bonds is 2. The quantitative estimate of drug-likeness (QED) is 0.777. The molecule has 0 aromatic heterocycles. The second-order valence-corrected chi connectivity index (χ2v) is 4.85. The molecule has 1 aromatic carbocycles. The Morgan fingerprint density at radius 3 is 3.00 bits per heavy atom. The first-order valence-electron chi connectivity index (χ1n) is 6.27. The highest BCUT2D eigenvalue weighted by molar-refractivity contribution is 5.94. The van der Waals surface area contributed by atoms with Crippen LogP contribution in [0, 0.1) is 0 Å². The summed E-state index contributed by atoms with van der Waals surface area (Å²) in [6.07, 6.45) is 2.08. The predicted octanol–water partition coefficient (Wildman–Crippen LogP) is 0.0309. The highest BCUT2D eigenvalue weighted by atomic mass is 16.7. The van der Waals surface area contributed by atoms with Crippen LogP contribution in [0.15, 0.2) is 18.2 Å². The number of carbonyl (C=O) groups is 1. The van der Waals surface area contributed by atoms with Gasteiger partial charge in [-0.05, 0) is 12.1 Å². The summed E-state index contributed by atoms with van der Waals surface area (Å²) in [4.78, 5) is 13.4. The first kappa shape index (κ1) is 11.3. The number of benzene rings is 1. The number of ether oxygens (including phenoxy) is 2. The second kappa shape index (κ2) is 4.49. The number of hydrogen-bond acceptors (Lipinski definition) is 3. The third-order valence-electron chi connectivity index (χ3n) is 3.62. The maximum Gasteiger partial charge on any atom is 0.282 e. The third-order valence-corrected chi connectivity index (χ3v) is 3.62. The van der Waals surface area contributed by atoms with E-state index in [4.69, 9.17) is 9.47 Å². The minimum atomic E-state index is 0.0652. The summed E-state index contributed by atoms with van der Waals surface area (Å²) in [5, 5.41) is 2.95. The first-order chi connectivity index (χ1) is 8.74. The van der Waals surface area contributed by atoms with E-state index >= 15 is 0 Å². The summed E-state index contributed by atoms with van der Waals surface area (Å²) in [5.74, 6) is 1.51. The zero-order valence-electron chi connectivity index (χ0n) is 10.4. The van der Waals surface area contributed by atoms with Gasteiger partial charge in [0, 0.05) is 24.6 Å². The van der Waals surface area contributed by atoms with Crippen LogP contribution in [0.4, 0.5) is 5.69 Å². The number of amides is 1. The fraction of sp³-hybridized carbons (Fsp3) is 0.462. The van der Waals surface area contributed by atoms with Crippen molar-refractivity contribution in [1.29, 1.82) is 0 Å². The van der Waals surface area contributed by atoms with Crippen LogP contribution in [0.5, 0.6) is 11.5 Å². The molecule has 0 spiro atoms. The number of anilines is 1. The van der Waals surface area contributed by atoms with Crippen LogP contribution in [0.25, 0.3) is 0 Å². The van der Waals surface area contributed by atoms with E-state index in [1.165, 1.54) is 4.90 Å². The van der Waals surface area contributed by atoms with Crippen molar-refractivity contribution >= 4 is 11.6 Å². The van der Waals surface area contributed by atoms with E-state index in [0.717, 1.165) is 30.8 Å². The van der Waals surface area contributed by atoms with E-state index in [1.807, 2.05) is 18.2 Å². The summed E-state index contributed by atoms with van der Waals surface area (Å²) in [5.41, 5.74) is 0.768. The third kappa shape index (κ3) is 2.01. The lowest BCUT2D eigenvalue weighted by Crippen LogP contribution is -3.12. The molecule has 0 bridgehead atoms. The van der Waals surface area contributed by atoms with Gasteiger partial charge in [-0.3, -0.25) is 4.79 Å². The molecule has 5 nitrogen and oxygen atoms in total. The molecule has 2 aliphatic rings. The van der Waals surface area contributed by atoms with E-state index < -0.39 is 0 Å². The number of likely N-dealkylation sites (N-methyl/N-ethyl adjacent to an activating group) is 1. The van der Waals surface area contributed by atoms with Crippen LogP contribution in [0.3, 0.4) is 0 Å². The number of nitrogens with one attached hydrogen (secondary N) is 2. The zero-order chi connectivity index (χ0) is 12.5. The fourth-order valence-corrected chi connectivity index (χ4v) is 2.56. The molecule has 1 fully saturated rings. The molecule has 3 rings (SSSR count). The second-order valence-electron chi connectivity index (χ2n) is 4.85. The van der Waals surface area contributed by atoms with Crippen LogP contribution in [-0.4, -0.2) is 32.3 Å². The van der Waals surface area contributed by atoms with Crippen LogP contribution in [0.1, 0.15) is 12.8 Å². The maximum atomic E-state index is 12.1. The van der Waals surface area contributed by atoms with Gasteiger partial charge in [-0.25, -0.2) is 0 Å². The lowest BCUT2D eigenvalue weighted by molar-refractivity contribution is -0.882. The summed E-state index contributed by atoms with van der Waals surface area (Å²) in [7, 11) is 2.07. The Labute approximate surface area is 106 Å². The largest absolute Gasteiger partial charge is 0.454 e. The Balaban J connectivity index is 1.71. The van der Waals surface area contributed by atoms with Gasteiger partial charge in [0.05, 0.1) is 13.6 Å². The molecule has 0 saturated carbocycles.